The highest BCUT2D eigenvalue weighted by molar-refractivity contribution is 7.51. The van der Waals surface area contributed by atoms with Crippen molar-refractivity contribution in [2.45, 2.75) is 39.5 Å². The van der Waals surface area contributed by atoms with E-state index in [2.05, 4.69) is 13.8 Å². The summed E-state index contributed by atoms with van der Waals surface area (Å²) in [5, 5.41) is 0. The van der Waals surface area contributed by atoms with Crippen molar-refractivity contribution in [1.29, 1.82) is 0 Å². The first-order chi connectivity index (χ1) is 4.81. The first-order valence-corrected chi connectivity index (χ1v) is 5.91. The van der Waals surface area contributed by atoms with Crippen molar-refractivity contribution in [3.05, 3.63) is 0 Å². The summed E-state index contributed by atoms with van der Waals surface area (Å²) in [6.07, 6.45) is 6.95. The highest BCUT2D eigenvalue weighted by atomic mass is 35.5. The summed E-state index contributed by atoms with van der Waals surface area (Å²) in [6, 6.07) is 0. The Balaban J connectivity index is -0.000000405. The van der Waals surface area contributed by atoms with Gasteiger partial charge in [-0.2, -0.15) is 0 Å². The van der Waals surface area contributed by atoms with Gasteiger partial charge in [0.15, 0.2) is 0 Å². The highest BCUT2D eigenvalue weighted by Gasteiger charge is 2.00. The molecule has 4 heteroatoms. The van der Waals surface area contributed by atoms with Crippen LogP contribution in [0.4, 0.5) is 0 Å². The summed E-state index contributed by atoms with van der Waals surface area (Å²) in [6.45, 7) is 4.34. The van der Waals surface area contributed by atoms with Crippen LogP contribution in [0.5, 0.6) is 0 Å². The fourth-order valence-electron chi connectivity index (χ4n) is 0.793. The monoisotopic (exact) mass is 234 g/mol. The molecule has 0 fully saturated rings. The number of halogens is 2. The van der Waals surface area contributed by atoms with Crippen LogP contribution in [0.3, 0.4) is 0 Å². The lowest BCUT2D eigenvalue weighted by Gasteiger charge is -2.07. The molecule has 0 aromatic rings. The molecular formula is C8H21Cl2OP. The minimum Gasteiger partial charge on any atom is -0.374 e. The topological polar surface area (TPSA) is 20.2 Å². The molecule has 0 radical (unpaired) electrons. The van der Waals surface area contributed by atoms with E-state index in [1.54, 1.807) is 0 Å². The van der Waals surface area contributed by atoms with Crippen LogP contribution < -0.4 is 0 Å². The third-order valence-electron chi connectivity index (χ3n) is 1.54. The molecule has 0 aromatic carbocycles. The molecule has 78 valence electrons. The van der Waals surface area contributed by atoms with E-state index in [0.29, 0.717) is 0 Å². The molecule has 0 atom stereocenters. The zero-order valence-corrected chi connectivity index (χ0v) is 10.5. The Morgan fingerprint density at radius 3 is 1.50 bits per heavy atom. The zero-order chi connectivity index (χ0) is 7.82. The molecule has 0 spiro atoms. The molecule has 1 N–H and O–H groups in total. The van der Waals surface area contributed by atoms with Gasteiger partial charge in [-0.15, -0.1) is 24.8 Å². The summed E-state index contributed by atoms with van der Waals surface area (Å²) in [4.78, 5) is 9.38. The molecule has 1 nitrogen and oxygen atoms in total. The summed E-state index contributed by atoms with van der Waals surface area (Å²) >= 11 is 0. The van der Waals surface area contributed by atoms with E-state index in [9.17, 15) is 4.89 Å². The predicted molar refractivity (Wildman–Crippen MR) is 63.2 cm³/mol. The van der Waals surface area contributed by atoms with E-state index in [1.165, 1.54) is 25.7 Å². The van der Waals surface area contributed by atoms with Gasteiger partial charge >= 0.3 is 0 Å². The van der Waals surface area contributed by atoms with Gasteiger partial charge in [-0.1, -0.05) is 26.7 Å². The van der Waals surface area contributed by atoms with Crippen LogP contribution in [0.15, 0.2) is 0 Å². The molecule has 0 unspecified atom stereocenters. The lowest BCUT2D eigenvalue weighted by atomic mass is 10.4. The van der Waals surface area contributed by atoms with Crippen LogP contribution in [0, 0.1) is 0 Å². The molecular weight excluding hydrogens is 214 g/mol. The van der Waals surface area contributed by atoms with Gasteiger partial charge in [0.1, 0.15) is 0 Å². The van der Waals surface area contributed by atoms with E-state index in [1.807, 2.05) is 0 Å². The second kappa shape index (κ2) is 14.5. The van der Waals surface area contributed by atoms with Crippen molar-refractivity contribution in [2.24, 2.45) is 0 Å². The summed E-state index contributed by atoms with van der Waals surface area (Å²) in [7, 11) is -0.592. The minimum absolute atomic E-state index is 0. The van der Waals surface area contributed by atoms with Gasteiger partial charge in [-0.05, 0) is 25.2 Å². The van der Waals surface area contributed by atoms with Gasteiger partial charge in [-0.25, -0.2) is 0 Å². The third kappa shape index (κ3) is 13.6. The number of hydrogen-bond acceptors (Lipinski definition) is 1. The Morgan fingerprint density at radius 2 is 1.25 bits per heavy atom. The fourth-order valence-corrected chi connectivity index (χ4v) is 2.38. The van der Waals surface area contributed by atoms with Crippen molar-refractivity contribution in [1.82, 2.24) is 0 Å². The second-order valence-corrected chi connectivity index (χ2v) is 4.57. The Kier molecular flexibility index (Phi) is 22.6. The summed E-state index contributed by atoms with van der Waals surface area (Å²) in [5.41, 5.74) is 0. The van der Waals surface area contributed by atoms with E-state index < -0.39 is 8.15 Å². The van der Waals surface area contributed by atoms with Gasteiger partial charge < -0.3 is 4.89 Å². The Bertz CT molecular complexity index is 66.1. The van der Waals surface area contributed by atoms with Gasteiger partial charge in [0.2, 0.25) is 0 Å². The molecule has 0 aromatic heterocycles. The van der Waals surface area contributed by atoms with E-state index in [4.69, 9.17) is 0 Å². The largest absolute Gasteiger partial charge is 0.374 e. The van der Waals surface area contributed by atoms with Crippen LogP contribution >= 0.6 is 33.0 Å². The van der Waals surface area contributed by atoms with Crippen LogP contribution in [0.2, 0.25) is 0 Å². The van der Waals surface area contributed by atoms with Crippen LogP contribution in [-0.2, 0) is 0 Å². The van der Waals surface area contributed by atoms with Crippen molar-refractivity contribution in [2.75, 3.05) is 12.3 Å². The Labute approximate surface area is 90.0 Å². The number of hydrogen-bond donors (Lipinski definition) is 1. The standard InChI is InChI=1S/C8H19OP.2ClH/c1-3-5-7-10(9)8-6-4-2;;/h9H,3-8H2,1-2H3;2*1H. The molecule has 0 aliphatic carbocycles. The molecule has 0 aliphatic rings. The van der Waals surface area contributed by atoms with E-state index in [0.717, 1.165) is 12.3 Å². The van der Waals surface area contributed by atoms with Crippen molar-refractivity contribution < 1.29 is 4.89 Å². The minimum atomic E-state index is -0.592. The first-order valence-electron chi connectivity index (χ1n) is 4.25. The SMILES string of the molecule is CCCCP(O)CCCC.Cl.Cl. The lowest BCUT2D eigenvalue weighted by Crippen LogP contribution is -1.88. The summed E-state index contributed by atoms with van der Waals surface area (Å²) in [5.74, 6) is 0. The maximum atomic E-state index is 9.38. The smallest absolute Gasteiger partial charge is 0.0251 e. The molecule has 0 heterocycles. The van der Waals surface area contributed by atoms with E-state index in [-0.39, 0.29) is 24.8 Å². The van der Waals surface area contributed by atoms with Gasteiger partial charge in [0.05, 0.1) is 0 Å². The normalized spacial score (nSPS) is 9.00. The maximum absolute atomic E-state index is 9.38. The van der Waals surface area contributed by atoms with Crippen LogP contribution in [0.1, 0.15) is 39.5 Å². The maximum Gasteiger partial charge on any atom is 0.0251 e. The Morgan fingerprint density at radius 1 is 0.917 bits per heavy atom. The Hall–Kier alpha value is 0.970. The van der Waals surface area contributed by atoms with Crippen LogP contribution in [-0.4, -0.2) is 17.2 Å². The second-order valence-electron chi connectivity index (χ2n) is 2.66. The molecule has 0 saturated heterocycles. The van der Waals surface area contributed by atoms with Crippen LogP contribution in [0.25, 0.3) is 0 Å². The van der Waals surface area contributed by atoms with Gasteiger partial charge in [0, 0.05) is 8.15 Å². The molecule has 0 aliphatic heterocycles. The predicted octanol–water partition coefficient (Wildman–Crippen LogP) is 3.82. The molecule has 0 saturated carbocycles. The average molecular weight is 235 g/mol. The van der Waals surface area contributed by atoms with Crippen molar-refractivity contribution >= 4 is 33.0 Å². The zero-order valence-electron chi connectivity index (χ0n) is 7.95. The van der Waals surface area contributed by atoms with Crippen molar-refractivity contribution in [3.63, 3.8) is 0 Å². The number of rotatable bonds is 6. The van der Waals surface area contributed by atoms with Gasteiger partial charge in [0.25, 0.3) is 0 Å². The first kappa shape index (κ1) is 18.7. The molecule has 0 rings (SSSR count). The third-order valence-corrected chi connectivity index (χ3v) is 3.20. The quantitative estimate of drug-likeness (QED) is 0.694. The highest BCUT2D eigenvalue weighted by Crippen LogP contribution is 2.31. The average Bonchev–Trinajstić information content (AvgIpc) is 1.97. The molecule has 0 amide bonds. The van der Waals surface area contributed by atoms with E-state index >= 15 is 0 Å². The van der Waals surface area contributed by atoms with Gasteiger partial charge in [-0.3, -0.25) is 0 Å². The number of unbranched alkanes of at least 4 members (excludes halogenated alkanes) is 2. The fraction of sp³-hybridized carbons (Fsp3) is 1.00. The molecule has 0 bridgehead atoms. The van der Waals surface area contributed by atoms with Crippen molar-refractivity contribution in [3.8, 4) is 0 Å². The summed E-state index contributed by atoms with van der Waals surface area (Å²) < 4.78 is 0. The lowest BCUT2D eigenvalue weighted by molar-refractivity contribution is 0.613. The molecule has 12 heavy (non-hydrogen) atoms.